The molecule has 24 heavy (non-hydrogen) atoms. The maximum absolute atomic E-state index is 12.4. The molecule has 3 rings (SSSR count). The molecule has 0 bridgehead atoms. The molecular weight excluding hydrogens is 320 g/mol. The first-order valence-corrected chi connectivity index (χ1v) is 8.99. The van der Waals surface area contributed by atoms with Gasteiger partial charge in [0, 0.05) is 24.3 Å². The SMILES string of the molecule is CCn1nc(C)c(CCNC(=O)c2ccc3sc(C)nc3c2)c1C. The summed E-state index contributed by atoms with van der Waals surface area (Å²) >= 11 is 1.64. The van der Waals surface area contributed by atoms with Crippen molar-refractivity contribution in [3.63, 3.8) is 0 Å². The van der Waals surface area contributed by atoms with E-state index in [4.69, 9.17) is 0 Å². The smallest absolute Gasteiger partial charge is 0.251 e. The number of hydrogen-bond donors (Lipinski definition) is 1. The van der Waals surface area contributed by atoms with Crippen LogP contribution < -0.4 is 5.32 Å². The van der Waals surface area contributed by atoms with Gasteiger partial charge in [0.05, 0.1) is 20.9 Å². The summed E-state index contributed by atoms with van der Waals surface area (Å²) in [5.41, 5.74) is 5.00. The molecule has 2 aromatic heterocycles. The summed E-state index contributed by atoms with van der Waals surface area (Å²) in [5, 5.41) is 8.53. The van der Waals surface area contributed by atoms with Crippen LogP contribution in [0.25, 0.3) is 10.2 Å². The van der Waals surface area contributed by atoms with Crippen molar-refractivity contribution in [1.82, 2.24) is 20.1 Å². The standard InChI is InChI=1S/C18H22N4OS/c1-5-22-12(3)15(11(2)21-22)8-9-19-18(23)14-6-7-17-16(10-14)20-13(4)24-17/h6-7,10H,5,8-9H2,1-4H3,(H,19,23). The Labute approximate surface area is 145 Å². The van der Waals surface area contributed by atoms with Crippen LogP contribution in [0.3, 0.4) is 0 Å². The monoisotopic (exact) mass is 342 g/mol. The lowest BCUT2D eigenvalue weighted by Crippen LogP contribution is -2.25. The summed E-state index contributed by atoms with van der Waals surface area (Å²) in [6.45, 7) is 9.64. The quantitative estimate of drug-likeness (QED) is 0.773. The summed E-state index contributed by atoms with van der Waals surface area (Å²) in [5.74, 6) is -0.0549. The molecule has 0 atom stereocenters. The number of carbonyl (C=O) groups is 1. The van der Waals surface area contributed by atoms with E-state index >= 15 is 0 Å². The van der Waals surface area contributed by atoms with Crippen LogP contribution in [0.2, 0.25) is 0 Å². The molecule has 1 N–H and O–H groups in total. The summed E-state index contributed by atoms with van der Waals surface area (Å²) in [6, 6.07) is 5.69. The number of hydrogen-bond acceptors (Lipinski definition) is 4. The van der Waals surface area contributed by atoms with Crippen LogP contribution in [0.1, 0.15) is 39.2 Å². The third-order valence-electron chi connectivity index (χ3n) is 4.25. The van der Waals surface area contributed by atoms with E-state index in [9.17, 15) is 4.79 Å². The van der Waals surface area contributed by atoms with Crippen LogP contribution in [0.5, 0.6) is 0 Å². The van der Waals surface area contributed by atoms with Crippen molar-refractivity contribution >= 4 is 27.5 Å². The Kier molecular flexibility index (Phi) is 4.66. The average molecular weight is 342 g/mol. The largest absolute Gasteiger partial charge is 0.352 e. The van der Waals surface area contributed by atoms with Crippen molar-refractivity contribution in [3.05, 3.63) is 45.7 Å². The number of carbonyl (C=O) groups excluding carboxylic acids is 1. The number of nitrogens with one attached hydrogen (secondary N) is 1. The van der Waals surface area contributed by atoms with E-state index in [2.05, 4.69) is 29.2 Å². The minimum atomic E-state index is -0.0549. The van der Waals surface area contributed by atoms with Gasteiger partial charge in [-0.3, -0.25) is 9.48 Å². The predicted molar refractivity (Wildman–Crippen MR) is 97.8 cm³/mol. The highest BCUT2D eigenvalue weighted by Crippen LogP contribution is 2.22. The molecule has 0 fully saturated rings. The fraction of sp³-hybridized carbons (Fsp3) is 0.389. The number of amides is 1. The van der Waals surface area contributed by atoms with Crippen LogP contribution in [-0.2, 0) is 13.0 Å². The number of aromatic nitrogens is 3. The highest BCUT2D eigenvalue weighted by atomic mass is 32.1. The van der Waals surface area contributed by atoms with Gasteiger partial charge in [0.2, 0.25) is 0 Å². The Balaban J connectivity index is 1.65. The minimum absolute atomic E-state index is 0.0549. The summed E-state index contributed by atoms with van der Waals surface area (Å²) < 4.78 is 3.12. The van der Waals surface area contributed by atoms with Gasteiger partial charge < -0.3 is 5.32 Å². The highest BCUT2D eigenvalue weighted by molar-refractivity contribution is 7.18. The van der Waals surface area contributed by atoms with Gasteiger partial charge in [-0.05, 0) is 57.9 Å². The van der Waals surface area contributed by atoms with Gasteiger partial charge in [0.1, 0.15) is 0 Å². The van der Waals surface area contributed by atoms with Crippen molar-refractivity contribution in [2.75, 3.05) is 6.54 Å². The van der Waals surface area contributed by atoms with Crippen molar-refractivity contribution < 1.29 is 4.79 Å². The zero-order chi connectivity index (χ0) is 17.3. The Morgan fingerprint density at radius 3 is 2.79 bits per heavy atom. The molecule has 5 nitrogen and oxygen atoms in total. The lowest BCUT2D eigenvalue weighted by atomic mass is 10.1. The molecule has 126 valence electrons. The number of aryl methyl sites for hydroxylation is 3. The summed E-state index contributed by atoms with van der Waals surface area (Å²) in [4.78, 5) is 16.8. The second-order valence-electron chi connectivity index (χ2n) is 5.89. The van der Waals surface area contributed by atoms with E-state index in [0.717, 1.165) is 33.9 Å². The second kappa shape index (κ2) is 6.73. The number of benzene rings is 1. The van der Waals surface area contributed by atoms with Gasteiger partial charge in [-0.25, -0.2) is 4.98 Å². The Morgan fingerprint density at radius 1 is 1.29 bits per heavy atom. The van der Waals surface area contributed by atoms with Crippen molar-refractivity contribution in [1.29, 1.82) is 0 Å². The zero-order valence-electron chi connectivity index (χ0n) is 14.5. The zero-order valence-corrected chi connectivity index (χ0v) is 15.3. The first-order valence-electron chi connectivity index (χ1n) is 8.18. The van der Waals surface area contributed by atoms with Crippen LogP contribution in [0, 0.1) is 20.8 Å². The van der Waals surface area contributed by atoms with E-state index < -0.39 is 0 Å². The van der Waals surface area contributed by atoms with Crippen LogP contribution >= 0.6 is 11.3 Å². The van der Waals surface area contributed by atoms with Crippen LogP contribution in [0.15, 0.2) is 18.2 Å². The maximum atomic E-state index is 12.4. The van der Waals surface area contributed by atoms with Crippen molar-refractivity contribution in [2.24, 2.45) is 0 Å². The van der Waals surface area contributed by atoms with Gasteiger partial charge in [-0.15, -0.1) is 11.3 Å². The minimum Gasteiger partial charge on any atom is -0.352 e. The van der Waals surface area contributed by atoms with E-state index in [1.54, 1.807) is 11.3 Å². The van der Waals surface area contributed by atoms with Gasteiger partial charge in [-0.1, -0.05) is 0 Å². The van der Waals surface area contributed by atoms with Gasteiger partial charge in [0.25, 0.3) is 5.91 Å². The third kappa shape index (κ3) is 3.19. The fourth-order valence-electron chi connectivity index (χ4n) is 2.99. The molecule has 0 saturated heterocycles. The topological polar surface area (TPSA) is 59.8 Å². The maximum Gasteiger partial charge on any atom is 0.251 e. The molecule has 0 aliphatic heterocycles. The van der Waals surface area contributed by atoms with Gasteiger partial charge >= 0.3 is 0 Å². The number of nitrogens with zero attached hydrogens (tertiary/aromatic N) is 3. The molecule has 0 saturated carbocycles. The Bertz CT molecular complexity index is 894. The summed E-state index contributed by atoms with van der Waals surface area (Å²) in [6.07, 6.45) is 0.793. The van der Waals surface area contributed by atoms with Crippen LogP contribution in [-0.4, -0.2) is 27.2 Å². The predicted octanol–water partition coefficient (Wildman–Crippen LogP) is 3.41. The first kappa shape index (κ1) is 16.6. The van der Waals surface area contributed by atoms with E-state index in [1.807, 2.05) is 36.7 Å². The molecule has 0 aliphatic carbocycles. The van der Waals surface area contributed by atoms with Crippen LogP contribution in [0.4, 0.5) is 0 Å². The van der Waals surface area contributed by atoms with E-state index in [0.29, 0.717) is 12.1 Å². The molecular formula is C18H22N4OS. The van der Waals surface area contributed by atoms with E-state index in [1.165, 1.54) is 11.3 Å². The fourth-order valence-corrected chi connectivity index (χ4v) is 3.80. The second-order valence-corrected chi connectivity index (χ2v) is 7.12. The molecule has 6 heteroatoms. The average Bonchev–Trinajstić information content (AvgIpc) is 3.06. The van der Waals surface area contributed by atoms with Gasteiger partial charge in [-0.2, -0.15) is 5.10 Å². The lowest BCUT2D eigenvalue weighted by molar-refractivity contribution is 0.0954. The highest BCUT2D eigenvalue weighted by Gasteiger charge is 2.12. The van der Waals surface area contributed by atoms with Crippen molar-refractivity contribution in [3.8, 4) is 0 Å². The van der Waals surface area contributed by atoms with Crippen molar-refractivity contribution in [2.45, 2.75) is 40.7 Å². The molecule has 2 heterocycles. The summed E-state index contributed by atoms with van der Waals surface area (Å²) in [7, 11) is 0. The molecule has 0 aliphatic rings. The molecule has 0 unspecified atom stereocenters. The number of thiazole rings is 1. The Morgan fingerprint density at radius 2 is 2.08 bits per heavy atom. The Hall–Kier alpha value is -2.21. The molecule has 1 amide bonds. The van der Waals surface area contributed by atoms with Gasteiger partial charge in [0.15, 0.2) is 0 Å². The molecule has 0 spiro atoms. The number of fused-ring (bicyclic) bond motifs is 1. The lowest BCUT2D eigenvalue weighted by Gasteiger charge is -2.06. The molecule has 0 radical (unpaired) electrons. The normalized spacial score (nSPS) is 11.2. The van der Waals surface area contributed by atoms with E-state index in [-0.39, 0.29) is 5.91 Å². The number of rotatable bonds is 5. The molecule has 1 aromatic carbocycles. The molecule has 3 aromatic rings. The first-order chi connectivity index (χ1) is 11.5. The third-order valence-corrected chi connectivity index (χ3v) is 5.20.